The Morgan fingerprint density at radius 2 is 2.12 bits per heavy atom. The number of anilines is 1. The maximum atomic E-state index is 12.4. The van der Waals surface area contributed by atoms with Crippen molar-refractivity contribution in [1.29, 1.82) is 0 Å². The maximum absolute atomic E-state index is 12.4. The number of H-pyrrole nitrogens is 1. The first-order valence-corrected chi connectivity index (χ1v) is 8.80. The molecule has 1 atom stereocenters. The smallest absolute Gasteiger partial charge is 0.321 e. The van der Waals surface area contributed by atoms with Crippen molar-refractivity contribution < 1.29 is 4.79 Å². The molecule has 2 fully saturated rings. The molecule has 7 nitrogen and oxygen atoms in total. The van der Waals surface area contributed by atoms with E-state index in [1.807, 2.05) is 22.0 Å². The van der Waals surface area contributed by atoms with Gasteiger partial charge in [-0.3, -0.25) is 4.68 Å². The molecular weight excluding hydrogens is 304 g/mol. The lowest BCUT2D eigenvalue weighted by Gasteiger charge is -2.31. The summed E-state index contributed by atoms with van der Waals surface area (Å²) in [7, 11) is 0. The zero-order valence-electron chi connectivity index (χ0n) is 14.0. The second-order valence-corrected chi connectivity index (χ2v) is 6.95. The number of imidazole rings is 1. The van der Waals surface area contributed by atoms with E-state index in [0.29, 0.717) is 12.0 Å². The summed E-state index contributed by atoms with van der Waals surface area (Å²) in [6, 6.07) is 0.381. The average molecular weight is 328 g/mol. The third-order valence-electron chi connectivity index (χ3n) is 5.26. The van der Waals surface area contributed by atoms with Gasteiger partial charge in [0.25, 0.3) is 0 Å². The van der Waals surface area contributed by atoms with Gasteiger partial charge in [0.1, 0.15) is 5.82 Å². The minimum Gasteiger partial charge on any atom is -0.348 e. The Morgan fingerprint density at radius 1 is 1.33 bits per heavy atom. The molecule has 1 aliphatic heterocycles. The molecule has 2 aromatic heterocycles. The van der Waals surface area contributed by atoms with Crippen LogP contribution < -0.4 is 5.32 Å². The standard InChI is InChI=1S/C17H24N6O/c1-12(13-2-3-13)23-11-15(10-20-23)21-17(24)22-8-4-14(5-9-22)16-18-6-7-19-16/h6-7,10-14H,2-5,8-9H2,1H3,(H,18,19)(H,21,24). The van der Waals surface area contributed by atoms with Crippen molar-refractivity contribution in [3.05, 3.63) is 30.6 Å². The van der Waals surface area contributed by atoms with E-state index >= 15 is 0 Å². The number of aromatic nitrogens is 4. The van der Waals surface area contributed by atoms with Gasteiger partial charge in [0.05, 0.1) is 17.9 Å². The predicted octanol–water partition coefficient (Wildman–Crippen LogP) is 2.99. The Morgan fingerprint density at radius 3 is 2.79 bits per heavy atom. The number of carbonyl (C=O) groups excluding carboxylic acids is 1. The van der Waals surface area contributed by atoms with Crippen LogP contribution in [0.25, 0.3) is 0 Å². The summed E-state index contributed by atoms with van der Waals surface area (Å²) in [5.41, 5.74) is 0.778. The summed E-state index contributed by atoms with van der Waals surface area (Å²) in [5.74, 6) is 2.20. The fourth-order valence-corrected chi connectivity index (χ4v) is 3.48. The van der Waals surface area contributed by atoms with Crippen LogP contribution in [0.2, 0.25) is 0 Å². The molecule has 0 bridgehead atoms. The molecule has 2 aromatic rings. The van der Waals surface area contributed by atoms with E-state index < -0.39 is 0 Å². The van der Waals surface area contributed by atoms with Crippen molar-refractivity contribution in [3.63, 3.8) is 0 Å². The van der Waals surface area contributed by atoms with Gasteiger partial charge < -0.3 is 15.2 Å². The third kappa shape index (κ3) is 3.16. The van der Waals surface area contributed by atoms with Gasteiger partial charge in [-0.25, -0.2) is 9.78 Å². The molecule has 4 rings (SSSR count). The van der Waals surface area contributed by atoms with Crippen LogP contribution in [-0.4, -0.2) is 43.8 Å². The number of aromatic amines is 1. The molecule has 24 heavy (non-hydrogen) atoms. The summed E-state index contributed by atoms with van der Waals surface area (Å²) >= 11 is 0. The molecule has 3 heterocycles. The van der Waals surface area contributed by atoms with E-state index in [1.54, 1.807) is 12.4 Å². The molecule has 0 radical (unpaired) electrons. The number of hydrogen-bond acceptors (Lipinski definition) is 3. The number of rotatable bonds is 4. The van der Waals surface area contributed by atoms with E-state index in [0.717, 1.165) is 43.4 Å². The number of piperidine rings is 1. The van der Waals surface area contributed by atoms with Crippen molar-refractivity contribution in [3.8, 4) is 0 Å². The monoisotopic (exact) mass is 328 g/mol. The summed E-state index contributed by atoms with van der Waals surface area (Å²) in [6.45, 7) is 3.70. The third-order valence-corrected chi connectivity index (χ3v) is 5.26. The Labute approximate surface area is 141 Å². The van der Waals surface area contributed by atoms with Crippen molar-refractivity contribution >= 4 is 11.7 Å². The highest BCUT2D eigenvalue weighted by atomic mass is 16.2. The van der Waals surface area contributed by atoms with Crippen molar-refractivity contribution in [2.75, 3.05) is 18.4 Å². The number of likely N-dealkylation sites (tertiary alicyclic amines) is 1. The second kappa shape index (κ2) is 6.30. The number of nitrogens with one attached hydrogen (secondary N) is 2. The topological polar surface area (TPSA) is 78.8 Å². The molecule has 128 valence electrons. The van der Waals surface area contributed by atoms with Crippen LogP contribution >= 0.6 is 0 Å². The van der Waals surface area contributed by atoms with Gasteiger partial charge in [-0.15, -0.1) is 0 Å². The van der Waals surface area contributed by atoms with E-state index in [-0.39, 0.29) is 6.03 Å². The fraction of sp³-hybridized carbons (Fsp3) is 0.588. The molecule has 1 saturated carbocycles. The normalized spacial score (nSPS) is 20.1. The first-order valence-electron chi connectivity index (χ1n) is 8.80. The van der Waals surface area contributed by atoms with Gasteiger partial charge in [0, 0.05) is 37.6 Å². The summed E-state index contributed by atoms with van der Waals surface area (Å²) in [6.07, 6.45) is 11.8. The van der Waals surface area contributed by atoms with E-state index in [2.05, 4.69) is 27.3 Å². The predicted molar refractivity (Wildman–Crippen MR) is 90.8 cm³/mol. The highest BCUT2D eigenvalue weighted by molar-refractivity contribution is 5.89. The van der Waals surface area contributed by atoms with Crippen LogP contribution in [0.5, 0.6) is 0 Å². The quantitative estimate of drug-likeness (QED) is 0.905. The molecule has 2 aliphatic rings. The lowest BCUT2D eigenvalue weighted by atomic mass is 9.96. The second-order valence-electron chi connectivity index (χ2n) is 6.95. The molecule has 1 aliphatic carbocycles. The van der Waals surface area contributed by atoms with Gasteiger partial charge in [0.2, 0.25) is 0 Å². The highest BCUT2D eigenvalue weighted by Gasteiger charge is 2.30. The van der Waals surface area contributed by atoms with E-state index in [9.17, 15) is 4.79 Å². The van der Waals surface area contributed by atoms with Gasteiger partial charge in [-0.1, -0.05) is 0 Å². The fourth-order valence-electron chi connectivity index (χ4n) is 3.48. The number of nitrogens with zero attached hydrogens (tertiary/aromatic N) is 4. The minimum atomic E-state index is -0.0356. The van der Waals surface area contributed by atoms with Crippen molar-refractivity contribution in [2.45, 2.75) is 44.6 Å². The average Bonchev–Trinajstić information content (AvgIpc) is 3.10. The molecule has 1 unspecified atom stereocenters. The molecule has 2 amide bonds. The first-order chi connectivity index (χ1) is 11.7. The molecule has 1 saturated heterocycles. The van der Waals surface area contributed by atoms with Crippen LogP contribution in [-0.2, 0) is 0 Å². The lowest BCUT2D eigenvalue weighted by molar-refractivity contribution is 0.193. The molecule has 0 aromatic carbocycles. The molecule has 2 N–H and O–H groups in total. The molecular formula is C17H24N6O. The van der Waals surface area contributed by atoms with E-state index in [1.165, 1.54) is 12.8 Å². The Hall–Kier alpha value is -2.31. The van der Waals surface area contributed by atoms with Gasteiger partial charge >= 0.3 is 6.03 Å². The number of hydrogen-bond donors (Lipinski definition) is 2. The van der Waals surface area contributed by atoms with Crippen molar-refractivity contribution in [2.24, 2.45) is 5.92 Å². The zero-order valence-corrected chi connectivity index (χ0v) is 14.0. The Kier molecular flexibility index (Phi) is 4.00. The SMILES string of the molecule is CC(C1CC1)n1cc(NC(=O)N2CCC(c3ncc[nH]3)CC2)cn1. The van der Waals surface area contributed by atoms with Crippen molar-refractivity contribution in [1.82, 2.24) is 24.6 Å². The number of urea groups is 1. The largest absolute Gasteiger partial charge is 0.348 e. The van der Waals surface area contributed by atoms with Gasteiger partial charge in [-0.05, 0) is 38.5 Å². The number of carbonyl (C=O) groups is 1. The van der Waals surface area contributed by atoms with Crippen LogP contribution in [0, 0.1) is 5.92 Å². The summed E-state index contributed by atoms with van der Waals surface area (Å²) in [4.78, 5) is 21.8. The van der Waals surface area contributed by atoms with Gasteiger partial charge in [-0.2, -0.15) is 5.10 Å². The van der Waals surface area contributed by atoms with Crippen LogP contribution in [0.1, 0.15) is 50.4 Å². The Balaban J connectivity index is 1.30. The van der Waals surface area contributed by atoms with Crippen LogP contribution in [0.4, 0.5) is 10.5 Å². The van der Waals surface area contributed by atoms with Crippen LogP contribution in [0.3, 0.4) is 0 Å². The maximum Gasteiger partial charge on any atom is 0.321 e. The first kappa shape index (κ1) is 15.2. The lowest BCUT2D eigenvalue weighted by Crippen LogP contribution is -2.40. The summed E-state index contributed by atoms with van der Waals surface area (Å²) < 4.78 is 1.97. The summed E-state index contributed by atoms with van der Waals surface area (Å²) in [5, 5.41) is 7.37. The van der Waals surface area contributed by atoms with Crippen LogP contribution in [0.15, 0.2) is 24.8 Å². The van der Waals surface area contributed by atoms with Gasteiger partial charge in [0.15, 0.2) is 0 Å². The molecule has 0 spiro atoms. The zero-order chi connectivity index (χ0) is 16.5. The van der Waals surface area contributed by atoms with E-state index in [4.69, 9.17) is 0 Å². The number of amides is 2. The Bertz CT molecular complexity index is 682. The molecule has 7 heteroatoms. The highest BCUT2D eigenvalue weighted by Crippen LogP contribution is 2.39. The minimum absolute atomic E-state index is 0.0356.